The van der Waals surface area contributed by atoms with Crippen LogP contribution in [-0.4, -0.2) is 19.7 Å². The third-order valence-electron chi connectivity index (χ3n) is 2.71. The number of aromatic amines is 1. The van der Waals surface area contributed by atoms with Crippen LogP contribution in [0.5, 0.6) is 0 Å². The van der Waals surface area contributed by atoms with E-state index in [0.29, 0.717) is 0 Å². The monoisotopic (exact) mass is 223 g/mol. The Bertz CT molecular complexity index is 583. The molecule has 2 aromatic rings. The first-order chi connectivity index (χ1) is 7.00. The largest absolute Gasteiger partial charge is 0.361 e. The van der Waals surface area contributed by atoms with Crippen LogP contribution < -0.4 is 0 Å². The van der Waals surface area contributed by atoms with E-state index < -0.39 is 15.1 Å². The number of rotatable bonds is 2. The van der Waals surface area contributed by atoms with Crippen LogP contribution in [0.15, 0.2) is 30.5 Å². The molecule has 0 amide bonds. The van der Waals surface area contributed by atoms with Gasteiger partial charge in [0.05, 0.1) is 5.25 Å². The first-order valence-electron chi connectivity index (χ1n) is 4.75. The van der Waals surface area contributed by atoms with E-state index in [-0.39, 0.29) is 0 Å². The number of sulfone groups is 1. The maximum absolute atomic E-state index is 11.5. The molecule has 0 saturated heterocycles. The van der Waals surface area contributed by atoms with Crippen molar-refractivity contribution in [2.45, 2.75) is 12.2 Å². The average molecular weight is 223 g/mol. The summed E-state index contributed by atoms with van der Waals surface area (Å²) in [6.07, 6.45) is 3.09. The number of nitrogens with one attached hydrogen (secondary N) is 1. The fraction of sp³-hybridized carbons (Fsp3) is 0.273. The van der Waals surface area contributed by atoms with Crippen LogP contribution in [0.2, 0.25) is 0 Å². The van der Waals surface area contributed by atoms with E-state index in [4.69, 9.17) is 0 Å². The van der Waals surface area contributed by atoms with Crippen molar-refractivity contribution in [3.63, 3.8) is 0 Å². The van der Waals surface area contributed by atoms with Gasteiger partial charge in [-0.3, -0.25) is 0 Å². The minimum Gasteiger partial charge on any atom is -0.361 e. The molecule has 1 aromatic carbocycles. The first kappa shape index (κ1) is 10.2. The third kappa shape index (κ3) is 1.77. The molecule has 3 nitrogen and oxygen atoms in total. The highest BCUT2D eigenvalue weighted by Gasteiger charge is 2.19. The van der Waals surface area contributed by atoms with Crippen LogP contribution >= 0.6 is 0 Å². The molecule has 0 spiro atoms. The molecule has 15 heavy (non-hydrogen) atoms. The predicted octanol–water partition coefficient (Wildman–Crippen LogP) is 2.27. The minimum absolute atomic E-state index is 0.461. The highest BCUT2D eigenvalue weighted by Crippen LogP contribution is 2.27. The van der Waals surface area contributed by atoms with E-state index in [0.717, 1.165) is 16.5 Å². The van der Waals surface area contributed by atoms with E-state index in [9.17, 15) is 8.42 Å². The highest BCUT2D eigenvalue weighted by molar-refractivity contribution is 7.90. The SMILES string of the molecule is CC(c1cccc2[nH]ccc12)S(C)(=O)=O. The highest BCUT2D eigenvalue weighted by atomic mass is 32.2. The average Bonchev–Trinajstić information content (AvgIpc) is 2.62. The van der Waals surface area contributed by atoms with E-state index >= 15 is 0 Å². The van der Waals surface area contributed by atoms with Gasteiger partial charge < -0.3 is 4.98 Å². The fourth-order valence-corrected chi connectivity index (χ4v) is 2.36. The number of H-pyrrole nitrogens is 1. The predicted molar refractivity (Wildman–Crippen MR) is 61.6 cm³/mol. The van der Waals surface area contributed by atoms with Gasteiger partial charge in [-0.15, -0.1) is 0 Å². The Morgan fingerprint density at radius 1 is 1.27 bits per heavy atom. The summed E-state index contributed by atoms with van der Waals surface area (Å²) in [5.41, 5.74) is 1.83. The summed E-state index contributed by atoms with van der Waals surface area (Å²) in [5, 5.41) is 0.521. The van der Waals surface area contributed by atoms with Gasteiger partial charge in [0.15, 0.2) is 9.84 Å². The number of benzene rings is 1. The molecule has 1 aromatic heterocycles. The van der Waals surface area contributed by atoms with Gasteiger partial charge >= 0.3 is 0 Å². The van der Waals surface area contributed by atoms with Crippen molar-refractivity contribution in [2.75, 3.05) is 6.26 Å². The Morgan fingerprint density at radius 3 is 2.67 bits per heavy atom. The Labute approximate surface area is 89.0 Å². The van der Waals surface area contributed by atoms with Gasteiger partial charge in [-0.1, -0.05) is 12.1 Å². The maximum Gasteiger partial charge on any atom is 0.154 e. The summed E-state index contributed by atoms with van der Waals surface area (Å²) in [6.45, 7) is 1.72. The standard InChI is InChI=1S/C11H13NO2S/c1-8(15(2,13)14)9-4-3-5-11-10(9)6-7-12-11/h3-8,12H,1-2H3. The zero-order valence-corrected chi connectivity index (χ0v) is 9.51. The minimum atomic E-state index is -3.04. The van der Waals surface area contributed by atoms with Crippen molar-refractivity contribution < 1.29 is 8.42 Å². The molecule has 0 bridgehead atoms. The molecule has 80 valence electrons. The zero-order valence-electron chi connectivity index (χ0n) is 8.69. The lowest BCUT2D eigenvalue weighted by Crippen LogP contribution is -2.07. The Morgan fingerprint density at radius 2 is 2.00 bits per heavy atom. The van der Waals surface area contributed by atoms with Crippen LogP contribution in [0.1, 0.15) is 17.7 Å². The maximum atomic E-state index is 11.5. The van der Waals surface area contributed by atoms with Crippen molar-refractivity contribution in [3.05, 3.63) is 36.0 Å². The van der Waals surface area contributed by atoms with E-state index in [1.807, 2.05) is 30.5 Å². The molecule has 2 rings (SSSR count). The van der Waals surface area contributed by atoms with Crippen LogP contribution in [-0.2, 0) is 9.84 Å². The molecule has 0 aliphatic rings. The van der Waals surface area contributed by atoms with Crippen LogP contribution in [0.3, 0.4) is 0 Å². The summed E-state index contributed by atoms with van der Waals surface area (Å²) < 4.78 is 23.0. The van der Waals surface area contributed by atoms with E-state index in [2.05, 4.69) is 4.98 Å². The van der Waals surface area contributed by atoms with Gasteiger partial charge in [-0.2, -0.15) is 0 Å². The van der Waals surface area contributed by atoms with Crippen LogP contribution in [0.25, 0.3) is 10.9 Å². The molecule has 1 heterocycles. The number of hydrogen-bond donors (Lipinski definition) is 1. The zero-order chi connectivity index (χ0) is 11.1. The summed E-state index contributed by atoms with van der Waals surface area (Å²) in [4.78, 5) is 3.07. The second-order valence-electron chi connectivity index (χ2n) is 3.76. The molecular formula is C11H13NO2S. The van der Waals surface area contributed by atoms with Crippen molar-refractivity contribution in [1.29, 1.82) is 0 Å². The molecule has 0 aliphatic carbocycles. The summed E-state index contributed by atoms with van der Waals surface area (Å²) in [5.74, 6) is 0. The summed E-state index contributed by atoms with van der Waals surface area (Å²) in [7, 11) is -3.04. The fourth-order valence-electron chi connectivity index (χ4n) is 1.69. The Balaban J connectivity index is 2.66. The normalized spacial score (nSPS) is 14.3. The first-order valence-corrected chi connectivity index (χ1v) is 6.70. The van der Waals surface area contributed by atoms with Crippen molar-refractivity contribution in [2.24, 2.45) is 0 Å². The number of hydrogen-bond acceptors (Lipinski definition) is 2. The van der Waals surface area contributed by atoms with E-state index in [1.165, 1.54) is 6.26 Å². The molecule has 1 atom stereocenters. The van der Waals surface area contributed by atoms with Crippen LogP contribution in [0, 0.1) is 0 Å². The smallest absolute Gasteiger partial charge is 0.154 e. The second-order valence-corrected chi connectivity index (χ2v) is 6.12. The molecular weight excluding hydrogens is 210 g/mol. The molecule has 0 saturated carbocycles. The van der Waals surface area contributed by atoms with Crippen molar-refractivity contribution in [3.8, 4) is 0 Å². The molecule has 4 heteroatoms. The van der Waals surface area contributed by atoms with E-state index in [1.54, 1.807) is 6.92 Å². The quantitative estimate of drug-likeness (QED) is 0.849. The van der Waals surface area contributed by atoms with Gasteiger partial charge in [-0.25, -0.2) is 8.42 Å². The molecule has 1 unspecified atom stereocenters. The van der Waals surface area contributed by atoms with Crippen molar-refractivity contribution in [1.82, 2.24) is 4.98 Å². The molecule has 0 aliphatic heterocycles. The molecule has 1 N–H and O–H groups in total. The van der Waals surface area contributed by atoms with Gasteiger partial charge in [0.1, 0.15) is 0 Å². The topological polar surface area (TPSA) is 49.9 Å². The van der Waals surface area contributed by atoms with Crippen molar-refractivity contribution >= 4 is 20.7 Å². The second kappa shape index (κ2) is 3.38. The summed E-state index contributed by atoms with van der Waals surface area (Å²) in [6, 6.07) is 7.58. The Kier molecular flexibility index (Phi) is 2.31. The van der Waals surface area contributed by atoms with Gasteiger partial charge in [-0.05, 0) is 24.6 Å². The van der Waals surface area contributed by atoms with Gasteiger partial charge in [0, 0.05) is 23.4 Å². The molecule has 0 fully saturated rings. The lowest BCUT2D eigenvalue weighted by Gasteiger charge is -2.10. The van der Waals surface area contributed by atoms with Gasteiger partial charge in [0.25, 0.3) is 0 Å². The van der Waals surface area contributed by atoms with Crippen LogP contribution in [0.4, 0.5) is 0 Å². The Hall–Kier alpha value is -1.29. The third-order valence-corrected chi connectivity index (χ3v) is 4.25. The van der Waals surface area contributed by atoms with Gasteiger partial charge in [0.2, 0.25) is 0 Å². The number of fused-ring (bicyclic) bond motifs is 1. The lowest BCUT2D eigenvalue weighted by molar-refractivity contribution is 0.592. The lowest BCUT2D eigenvalue weighted by atomic mass is 10.1. The summed E-state index contributed by atoms with van der Waals surface area (Å²) >= 11 is 0. The number of aromatic nitrogens is 1. The molecule has 0 radical (unpaired) electrons.